The highest BCUT2D eigenvalue weighted by atomic mass is 32.2. The molecule has 0 aromatic heterocycles. The Labute approximate surface area is 82.2 Å². The van der Waals surface area contributed by atoms with Crippen LogP contribution in [0.4, 0.5) is 0 Å². The van der Waals surface area contributed by atoms with Crippen LogP contribution in [-0.2, 0) is 6.42 Å². The molecule has 0 fully saturated rings. The number of ether oxygens (including phenoxy) is 2. The van der Waals surface area contributed by atoms with Gasteiger partial charge in [0.1, 0.15) is 0 Å². The van der Waals surface area contributed by atoms with Crippen LogP contribution in [-0.4, -0.2) is 18.8 Å². The van der Waals surface area contributed by atoms with Crippen LogP contribution in [0.5, 0.6) is 11.5 Å². The molecule has 1 heterocycles. The minimum absolute atomic E-state index is 0.362. The quantitative estimate of drug-likeness (QED) is 0.739. The molecule has 0 bridgehead atoms. The maximum Gasteiger partial charge on any atom is 0.231 e. The Bertz CT molecular complexity index is 299. The van der Waals surface area contributed by atoms with Crippen LogP contribution in [0, 0.1) is 0 Å². The smallest absolute Gasteiger partial charge is 0.231 e. The lowest BCUT2D eigenvalue weighted by Crippen LogP contribution is -1.93. The molecule has 0 amide bonds. The number of thioether (sulfide) groups is 1. The predicted molar refractivity (Wildman–Crippen MR) is 54.7 cm³/mol. The summed E-state index contributed by atoms with van der Waals surface area (Å²) in [5, 5.41) is 0. The van der Waals surface area contributed by atoms with Crippen molar-refractivity contribution in [2.45, 2.75) is 6.42 Å². The molecule has 0 atom stereocenters. The average Bonchev–Trinajstić information content (AvgIpc) is 2.61. The topological polar surface area (TPSA) is 18.5 Å². The molecule has 1 aliphatic rings. The highest BCUT2D eigenvalue weighted by molar-refractivity contribution is 7.98. The van der Waals surface area contributed by atoms with E-state index in [1.807, 2.05) is 17.8 Å². The molecule has 0 spiro atoms. The van der Waals surface area contributed by atoms with E-state index in [0.29, 0.717) is 6.79 Å². The molecule has 0 saturated carbocycles. The second-order valence-electron chi connectivity index (χ2n) is 2.93. The first-order valence-corrected chi connectivity index (χ1v) is 5.67. The van der Waals surface area contributed by atoms with Gasteiger partial charge in [-0.25, -0.2) is 0 Å². The van der Waals surface area contributed by atoms with Gasteiger partial charge in [0.2, 0.25) is 6.79 Å². The number of hydrogen-bond donors (Lipinski definition) is 0. The van der Waals surface area contributed by atoms with Gasteiger partial charge in [-0.05, 0) is 36.1 Å². The molecule has 1 aromatic carbocycles. The van der Waals surface area contributed by atoms with Crippen LogP contribution in [0.25, 0.3) is 0 Å². The lowest BCUT2D eigenvalue weighted by atomic mass is 10.1. The van der Waals surface area contributed by atoms with Crippen molar-refractivity contribution in [2.75, 3.05) is 18.8 Å². The third kappa shape index (κ3) is 1.91. The van der Waals surface area contributed by atoms with Crippen LogP contribution >= 0.6 is 11.8 Å². The Morgan fingerprint density at radius 2 is 2.15 bits per heavy atom. The van der Waals surface area contributed by atoms with Crippen molar-refractivity contribution in [3.8, 4) is 11.5 Å². The molecule has 1 aliphatic heterocycles. The molecule has 2 nitrogen and oxygen atoms in total. The first kappa shape index (κ1) is 8.75. The van der Waals surface area contributed by atoms with Crippen LogP contribution in [0.1, 0.15) is 5.56 Å². The SMILES string of the molecule is CSCCc1ccc2c(c1)OCO2. The Balaban J connectivity index is 2.12. The van der Waals surface area contributed by atoms with E-state index < -0.39 is 0 Å². The van der Waals surface area contributed by atoms with Crippen molar-refractivity contribution in [2.24, 2.45) is 0 Å². The lowest BCUT2D eigenvalue weighted by Gasteiger charge is -2.01. The minimum Gasteiger partial charge on any atom is -0.454 e. The van der Waals surface area contributed by atoms with E-state index in [-0.39, 0.29) is 0 Å². The number of hydrogen-bond acceptors (Lipinski definition) is 3. The van der Waals surface area contributed by atoms with Crippen molar-refractivity contribution in [3.05, 3.63) is 23.8 Å². The summed E-state index contributed by atoms with van der Waals surface area (Å²) < 4.78 is 10.5. The van der Waals surface area contributed by atoms with E-state index in [1.54, 1.807) is 0 Å². The highest BCUT2D eigenvalue weighted by Crippen LogP contribution is 2.32. The summed E-state index contributed by atoms with van der Waals surface area (Å²) in [4.78, 5) is 0. The summed E-state index contributed by atoms with van der Waals surface area (Å²) in [7, 11) is 0. The van der Waals surface area contributed by atoms with Gasteiger partial charge in [0.15, 0.2) is 11.5 Å². The monoisotopic (exact) mass is 196 g/mol. The Morgan fingerprint density at radius 1 is 1.31 bits per heavy atom. The molecule has 13 heavy (non-hydrogen) atoms. The second-order valence-corrected chi connectivity index (χ2v) is 3.92. The van der Waals surface area contributed by atoms with Crippen molar-refractivity contribution in [1.82, 2.24) is 0 Å². The van der Waals surface area contributed by atoms with Crippen LogP contribution < -0.4 is 9.47 Å². The maximum absolute atomic E-state index is 5.29. The van der Waals surface area contributed by atoms with Gasteiger partial charge in [-0.15, -0.1) is 0 Å². The van der Waals surface area contributed by atoms with E-state index in [0.717, 1.165) is 23.7 Å². The normalized spacial score (nSPS) is 13.3. The van der Waals surface area contributed by atoms with Crippen LogP contribution in [0.15, 0.2) is 18.2 Å². The second kappa shape index (κ2) is 3.92. The van der Waals surface area contributed by atoms with E-state index in [4.69, 9.17) is 9.47 Å². The standard InChI is InChI=1S/C10H12O2S/c1-13-5-4-8-2-3-9-10(6-8)12-7-11-9/h2-3,6H,4-5,7H2,1H3. The zero-order valence-corrected chi connectivity index (χ0v) is 8.39. The predicted octanol–water partition coefficient (Wildman–Crippen LogP) is 2.32. The van der Waals surface area contributed by atoms with Gasteiger partial charge in [0, 0.05) is 0 Å². The Hall–Kier alpha value is -0.830. The van der Waals surface area contributed by atoms with Gasteiger partial charge >= 0.3 is 0 Å². The average molecular weight is 196 g/mol. The highest BCUT2D eigenvalue weighted by Gasteiger charge is 2.12. The largest absolute Gasteiger partial charge is 0.454 e. The maximum atomic E-state index is 5.29. The van der Waals surface area contributed by atoms with Gasteiger partial charge in [-0.2, -0.15) is 11.8 Å². The van der Waals surface area contributed by atoms with Crippen molar-refractivity contribution < 1.29 is 9.47 Å². The summed E-state index contributed by atoms with van der Waals surface area (Å²) in [6, 6.07) is 6.15. The number of aryl methyl sites for hydroxylation is 1. The molecule has 0 unspecified atom stereocenters. The van der Waals surface area contributed by atoms with Gasteiger partial charge in [0.05, 0.1) is 0 Å². The Kier molecular flexibility index (Phi) is 2.64. The molecule has 0 saturated heterocycles. The van der Waals surface area contributed by atoms with Gasteiger partial charge in [0.25, 0.3) is 0 Å². The van der Waals surface area contributed by atoms with E-state index >= 15 is 0 Å². The van der Waals surface area contributed by atoms with Gasteiger partial charge < -0.3 is 9.47 Å². The summed E-state index contributed by atoms with van der Waals surface area (Å²) in [6.45, 7) is 0.362. The molecule has 0 radical (unpaired) electrons. The zero-order valence-electron chi connectivity index (χ0n) is 7.58. The summed E-state index contributed by atoms with van der Waals surface area (Å²) in [5.74, 6) is 2.91. The summed E-state index contributed by atoms with van der Waals surface area (Å²) in [5.41, 5.74) is 1.32. The first-order chi connectivity index (χ1) is 6.40. The molecule has 0 aliphatic carbocycles. The molecule has 0 N–H and O–H groups in total. The number of fused-ring (bicyclic) bond motifs is 1. The molecule has 3 heteroatoms. The van der Waals surface area contributed by atoms with E-state index in [9.17, 15) is 0 Å². The number of benzene rings is 1. The molecule has 70 valence electrons. The van der Waals surface area contributed by atoms with Crippen LogP contribution in [0.2, 0.25) is 0 Å². The fraction of sp³-hybridized carbons (Fsp3) is 0.400. The molecule has 2 rings (SSSR count). The first-order valence-electron chi connectivity index (χ1n) is 4.27. The van der Waals surface area contributed by atoms with E-state index in [2.05, 4.69) is 18.4 Å². The van der Waals surface area contributed by atoms with Crippen molar-refractivity contribution in [3.63, 3.8) is 0 Å². The fourth-order valence-corrected chi connectivity index (χ4v) is 1.76. The molecular formula is C10H12O2S. The fourth-order valence-electron chi connectivity index (χ4n) is 1.32. The van der Waals surface area contributed by atoms with Gasteiger partial charge in [-0.3, -0.25) is 0 Å². The Morgan fingerprint density at radius 3 is 3.00 bits per heavy atom. The summed E-state index contributed by atoms with van der Waals surface area (Å²) >= 11 is 1.86. The van der Waals surface area contributed by atoms with Crippen LogP contribution in [0.3, 0.4) is 0 Å². The molecular weight excluding hydrogens is 184 g/mol. The third-order valence-electron chi connectivity index (χ3n) is 2.03. The lowest BCUT2D eigenvalue weighted by molar-refractivity contribution is 0.174. The summed E-state index contributed by atoms with van der Waals surface area (Å²) in [6.07, 6.45) is 3.21. The third-order valence-corrected chi connectivity index (χ3v) is 2.64. The number of rotatable bonds is 3. The van der Waals surface area contributed by atoms with Crippen molar-refractivity contribution in [1.29, 1.82) is 0 Å². The van der Waals surface area contributed by atoms with Crippen molar-refractivity contribution >= 4 is 11.8 Å². The zero-order chi connectivity index (χ0) is 9.10. The minimum atomic E-state index is 0.362. The molecule has 1 aromatic rings. The van der Waals surface area contributed by atoms with Gasteiger partial charge in [-0.1, -0.05) is 6.07 Å². The van der Waals surface area contributed by atoms with E-state index in [1.165, 1.54) is 5.56 Å².